The molecule has 0 unspecified atom stereocenters. The summed E-state index contributed by atoms with van der Waals surface area (Å²) >= 11 is 0. The second kappa shape index (κ2) is 12.0. The number of alkyl halides is 4. The van der Waals surface area contributed by atoms with Crippen LogP contribution in [0.1, 0.15) is 76.7 Å². The zero-order chi connectivity index (χ0) is 25.7. The Morgan fingerprint density at radius 2 is 1.42 bits per heavy atom. The summed E-state index contributed by atoms with van der Waals surface area (Å²) in [6.45, 7) is -0.856. The molecule has 2 aromatic rings. The van der Waals surface area contributed by atoms with Gasteiger partial charge in [0.05, 0.1) is 0 Å². The van der Waals surface area contributed by atoms with Crippen LogP contribution in [0, 0.1) is 29.5 Å². The summed E-state index contributed by atoms with van der Waals surface area (Å²) in [4.78, 5) is 0. The van der Waals surface area contributed by atoms with Gasteiger partial charge in [0.2, 0.25) is 0 Å². The molecule has 2 aliphatic rings. The van der Waals surface area contributed by atoms with Gasteiger partial charge in [0, 0.05) is 12.3 Å². The summed E-state index contributed by atoms with van der Waals surface area (Å²) in [6.07, 6.45) is 10.5. The molecule has 0 aromatic heterocycles. The molecule has 4 rings (SSSR count). The van der Waals surface area contributed by atoms with Gasteiger partial charge in [-0.15, -0.1) is 0 Å². The first-order valence-electron chi connectivity index (χ1n) is 13.5. The SMILES string of the molecule is CCCC1CCC(C2CCC(C(F)(F)Cc3ccc(-c4ccc(OC(F)F)c(F)c4)cc3)CC2)CC1. The number of hydrogen-bond acceptors (Lipinski definition) is 1. The van der Waals surface area contributed by atoms with E-state index in [0.717, 1.165) is 36.8 Å². The molecule has 2 fully saturated rings. The maximum absolute atomic E-state index is 15.2. The van der Waals surface area contributed by atoms with Gasteiger partial charge in [-0.1, -0.05) is 62.9 Å². The lowest BCUT2D eigenvalue weighted by molar-refractivity contribution is -0.0777. The van der Waals surface area contributed by atoms with Gasteiger partial charge in [-0.3, -0.25) is 0 Å². The molecule has 0 aliphatic heterocycles. The normalized spacial score (nSPS) is 25.2. The molecule has 2 aliphatic carbocycles. The van der Waals surface area contributed by atoms with E-state index in [4.69, 9.17) is 0 Å². The Labute approximate surface area is 211 Å². The topological polar surface area (TPSA) is 9.23 Å². The maximum Gasteiger partial charge on any atom is 0.387 e. The van der Waals surface area contributed by atoms with Gasteiger partial charge in [-0.25, -0.2) is 13.2 Å². The number of hydrogen-bond donors (Lipinski definition) is 0. The van der Waals surface area contributed by atoms with E-state index in [-0.39, 0.29) is 6.42 Å². The lowest BCUT2D eigenvalue weighted by atomic mass is 9.67. The average Bonchev–Trinajstić information content (AvgIpc) is 2.86. The molecule has 2 aromatic carbocycles. The van der Waals surface area contributed by atoms with Gasteiger partial charge in [-0.2, -0.15) is 8.78 Å². The van der Waals surface area contributed by atoms with Gasteiger partial charge in [0.15, 0.2) is 11.6 Å². The predicted molar refractivity (Wildman–Crippen MR) is 133 cm³/mol. The highest BCUT2D eigenvalue weighted by molar-refractivity contribution is 5.64. The van der Waals surface area contributed by atoms with E-state index in [1.807, 2.05) is 0 Å². The van der Waals surface area contributed by atoms with E-state index in [1.54, 1.807) is 24.3 Å². The number of benzene rings is 2. The van der Waals surface area contributed by atoms with E-state index in [0.29, 0.717) is 35.4 Å². The smallest absolute Gasteiger partial charge is 0.387 e. The second-order valence-electron chi connectivity index (χ2n) is 10.8. The highest BCUT2D eigenvalue weighted by Gasteiger charge is 2.42. The number of ether oxygens (including phenoxy) is 1. The van der Waals surface area contributed by atoms with E-state index in [9.17, 15) is 13.2 Å². The fraction of sp³-hybridized carbons (Fsp3) is 0.600. The summed E-state index contributed by atoms with van der Waals surface area (Å²) in [5.74, 6) is -2.56. The van der Waals surface area contributed by atoms with Crippen LogP contribution in [0.4, 0.5) is 22.0 Å². The van der Waals surface area contributed by atoms with Crippen molar-refractivity contribution in [2.75, 3.05) is 0 Å². The van der Waals surface area contributed by atoms with Gasteiger partial charge in [-0.05, 0) is 85.1 Å². The fourth-order valence-electron chi connectivity index (χ4n) is 6.47. The molecule has 0 amide bonds. The Bertz CT molecular complexity index is 958. The van der Waals surface area contributed by atoms with Crippen LogP contribution < -0.4 is 4.74 Å². The van der Waals surface area contributed by atoms with Gasteiger partial charge in [0.25, 0.3) is 5.92 Å². The molecule has 0 bridgehead atoms. The van der Waals surface area contributed by atoms with Crippen LogP contribution in [0.2, 0.25) is 0 Å². The van der Waals surface area contributed by atoms with Crippen LogP contribution in [-0.4, -0.2) is 12.5 Å². The van der Waals surface area contributed by atoms with Crippen molar-refractivity contribution in [3.05, 3.63) is 53.8 Å². The summed E-state index contributed by atoms with van der Waals surface area (Å²) in [5, 5.41) is 0. The molecular weight excluding hydrogens is 471 g/mol. The highest BCUT2D eigenvalue weighted by Crippen LogP contribution is 2.46. The van der Waals surface area contributed by atoms with Crippen molar-refractivity contribution in [2.45, 2.75) is 90.1 Å². The third kappa shape index (κ3) is 6.80. The number of halogens is 5. The van der Waals surface area contributed by atoms with Crippen LogP contribution in [-0.2, 0) is 6.42 Å². The Morgan fingerprint density at radius 3 is 1.97 bits per heavy atom. The average molecular weight is 509 g/mol. The van der Waals surface area contributed by atoms with Crippen LogP contribution in [0.5, 0.6) is 5.75 Å². The minimum Gasteiger partial charge on any atom is -0.432 e. The van der Waals surface area contributed by atoms with Crippen molar-refractivity contribution >= 4 is 0 Å². The zero-order valence-electron chi connectivity index (χ0n) is 21.0. The minimum atomic E-state index is -3.10. The standard InChI is InChI=1S/C30H37F5O/c1-2-3-20-4-8-22(9-5-20)23-12-15-26(16-13-23)30(34,35)19-21-6-10-24(11-7-21)25-14-17-28(27(31)18-25)36-29(32)33/h6-7,10-11,14,17-18,20,22-23,26,29H,2-5,8-9,12-13,15-16,19H2,1H3. The summed E-state index contributed by atoms with van der Waals surface area (Å²) in [6, 6.07) is 10.3. The molecule has 0 N–H and O–H groups in total. The summed E-state index contributed by atoms with van der Waals surface area (Å²) in [7, 11) is 0. The Hall–Kier alpha value is -2.11. The van der Waals surface area contributed by atoms with Crippen LogP contribution >= 0.6 is 0 Å². The van der Waals surface area contributed by atoms with Gasteiger partial charge < -0.3 is 4.74 Å². The molecule has 2 saturated carbocycles. The molecule has 0 spiro atoms. The van der Waals surface area contributed by atoms with Crippen molar-refractivity contribution in [2.24, 2.45) is 23.7 Å². The molecule has 1 nitrogen and oxygen atoms in total. The van der Waals surface area contributed by atoms with E-state index in [2.05, 4.69) is 11.7 Å². The first-order valence-corrected chi connectivity index (χ1v) is 13.5. The highest BCUT2D eigenvalue weighted by atomic mass is 19.3. The third-order valence-electron chi connectivity index (χ3n) is 8.50. The molecule has 198 valence electrons. The van der Waals surface area contributed by atoms with Crippen molar-refractivity contribution < 1.29 is 26.7 Å². The molecule has 36 heavy (non-hydrogen) atoms. The fourth-order valence-corrected chi connectivity index (χ4v) is 6.47. The molecular formula is C30H37F5O. The summed E-state index contributed by atoms with van der Waals surface area (Å²) < 4.78 is 73.2. The number of rotatable bonds is 9. The monoisotopic (exact) mass is 508 g/mol. The quantitative estimate of drug-likeness (QED) is 0.306. The van der Waals surface area contributed by atoms with E-state index < -0.39 is 30.0 Å². The lowest BCUT2D eigenvalue weighted by Gasteiger charge is -2.39. The Kier molecular flexibility index (Phi) is 8.95. The largest absolute Gasteiger partial charge is 0.432 e. The van der Waals surface area contributed by atoms with Crippen molar-refractivity contribution in [1.29, 1.82) is 0 Å². The lowest BCUT2D eigenvalue weighted by Crippen LogP contribution is -2.35. The third-order valence-corrected chi connectivity index (χ3v) is 8.50. The molecule has 0 saturated heterocycles. The molecule has 6 heteroatoms. The Morgan fingerprint density at radius 1 is 0.833 bits per heavy atom. The molecule has 0 atom stereocenters. The van der Waals surface area contributed by atoms with E-state index >= 15 is 8.78 Å². The van der Waals surface area contributed by atoms with Crippen LogP contribution in [0.3, 0.4) is 0 Å². The van der Waals surface area contributed by atoms with Crippen molar-refractivity contribution in [3.8, 4) is 16.9 Å². The van der Waals surface area contributed by atoms with E-state index in [1.165, 1.54) is 44.6 Å². The predicted octanol–water partition coefficient (Wildman–Crippen LogP) is 9.68. The zero-order valence-corrected chi connectivity index (χ0v) is 21.0. The van der Waals surface area contributed by atoms with Crippen molar-refractivity contribution in [1.82, 2.24) is 0 Å². The summed E-state index contributed by atoms with van der Waals surface area (Å²) in [5.41, 5.74) is 1.63. The maximum atomic E-state index is 15.2. The van der Waals surface area contributed by atoms with Crippen LogP contribution in [0.25, 0.3) is 11.1 Å². The van der Waals surface area contributed by atoms with Crippen molar-refractivity contribution in [3.63, 3.8) is 0 Å². The van der Waals surface area contributed by atoms with Gasteiger partial charge in [0.1, 0.15) is 0 Å². The first kappa shape index (κ1) is 26.9. The minimum absolute atomic E-state index is 0.305. The Balaban J connectivity index is 1.30. The van der Waals surface area contributed by atoms with Crippen LogP contribution in [0.15, 0.2) is 42.5 Å². The molecule has 0 radical (unpaired) electrons. The second-order valence-corrected chi connectivity index (χ2v) is 10.8. The van der Waals surface area contributed by atoms with Gasteiger partial charge >= 0.3 is 6.61 Å². The molecule has 0 heterocycles. The first-order chi connectivity index (χ1) is 17.2.